The molecule has 2 fully saturated rings. The Morgan fingerprint density at radius 2 is 2.00 bits per heavy atom. The maximum absolute atomic E-state index is 11.4. The van der Waals surface area contributed by atoms with E-state index in [-0.39, 0.29) is 11.4 Å². The SMILES string of the molecule is CC1CCC2(CCOC2=O)CC1. The van der Waals surface area contributed by atoms with Crippen molar-refractivity contribution >= 4 is 5.97 Å². The van der Waals surface area contributed by atoms with Gasteiger partial charge in [0.15, 0.2) is 0 Å². The van der Waals surface area contributed by atoms with Crippen LogP contribution in [-0.2, 0) is 9.53 Å². The first-order valence-corrected chi connectivity index (χ1v) is 4.90. The summed E-state index contributed by atoms with van der Waals surface area (Å²) in [4.78, 5) is 11.4. The van der Waals surface area contributed by atoms with Gasteiger partial charge in [0.1, 0.15) is 0 Å². The third-order valence-electron chi connectivity index (χ3n) is 3.48. The van der Waals surface area contributed by atoms with Crippen LogP contribution in [0.15, 0.2) is 0 Å². The molecular formula is C10H16O2. The molecule has 2 nitrogen and oxygen atoms in total. The van der Waals surface area contributed by atoms with Crippen LogP contribution in [0.25, 0.3) is 0 Å². The number of ether oxygens (including phenoxy) is 1. The highest BCUT2D eigenvalue weighted by molar-refractivity contribution is 5.78. The summed E-state index contributed by atoms with van der Waals surface area (Å²) in [5.74, 6) is 0.887. The van der Waals surface area contributed by atoms with Crippen LogP contribution in [0.2, 0.25) is 0 Å². The zero-order chi connectivity index (χ0) is 8.60. The van der Waals surface area contributed by atoms with Crippen LogP contribution in [0.1, 0.15) is 39.0 Å². The van der Waals surface area contributed by atoms with Gasteiger partial charge in [0.25, 0.3) is 0 Å². The highest BCUT2D eigenvalue weighted by Gasteiger charge is 2.45. The van der Waals surface area contributed by atoms with Crippen molar-refractivity contribution in [2.75, 3.05) is 6.61 Å². The minimum atomic E-state index is -0.0491. The van der Waals surface area contributed by atoms with E-state index in [4.69, 9.17) is 4.74 Å². The first-order chi connectivity index (χ1) is 5.73. The zero-order valence-corrected chi connectivity index (χ0v) is 7.64. The van der Waals surface area contributed by atoms with Crippen LogP contribution in [-0.4, -0.2) is 12.6 Å². The van der Waals surface area contributed by atoms with Gasteiger partial charge in [0.2, 0.25) is 0 Å². The van der Waals surface area contributed by atoms with Gasteiger partial charge in [-0.05, 0) is 38.0 Å². The van der Waals surface area contributed by atoms with E-state index in [0.29, 0.717) is 6.61 Å². The van der Waals surface area contributed by atoms with E-state index in [1.807, 2.05) is 0 Å². The average Bonchev–Trinajstić information content (AvgIpc) is 2.41. The van der Waals surface area contributed by atoms with E-state index in [9.17, 15) is 4.79 Å². The molecule has 1 saturated carbocycles. The van der Waals surface area contributed by atoms with Crippen molar-refractivity contribution in [1.82, 2.24) is 0 Å². The van der Waals surface area contributed by atoms with Crippen LogP contribution in [0.5, 0.6) is 0 Å². The molecule has 0 radical (unpaired) electrons. The average molecular weight is 168 g/mol. The molecule has 2 aliphatic rings. The number of carbonyl (C=O) groups is 1. The van der Waals surface area contributed by atoms with Crippen LogP contribution >= 0.6 is 0 Å². The van der Waals surface area contributed by atoms with Crippen LogP contribution < -0.4 is 0 Å². The Kier molecular flexibility index (Phi) is 1.85. The molecule has 0 atom stereocenters. The highest BCUT2D eigenvalue weighted by Crippen LogP contribution is 2.45. The molecule has 0 aromatic rings. The number of rotatable bonds is 0. The Balaban J connectivity index is 2.07. The van der Waals surface area contributed by atoms with Crippen molar-refractivity contribution in [3.8, 4) is 0 Å². The van der Waals surface area contributed by atoms with E-state index >= 15 is 0 Å². The molecule has 0 unspecified atom stereocenters. The lowest BCUT2D eigenvalue weighted by atomic mass is 9.70. The summed E-state index contributed by atoms with van der Waals surface area (Å²) < 4.78 is 5.04. The fourth-order valence-electron chi connectivity index (χ4n) is 2.36. The summed E-state index contributed by atoms with van der Waals surface area (Å²) in [5.41, 5.74) is -0.0491. The molecule has 12 heavy (non-hydrogen) atoms. The number of hydrogen-bond acceptors (Lipinski definition) is 2. The lowest BCUT2D eigenvalue weighted by molar-refractivity contribution is -0.148. The highest BCUT2D eigenvalue weighted by atomic mass is 16.5. The fourth-order valence-corrected chi connectivity index (χ4v) is 2.36. The lowest BCUT2D eigenvalue weighted by Crippen LogP contribution is -2.31. The first kappa shape index (κ1) is 8.09. The van der Waals surface area contributed by atoms with Gasteiger partial charge in [0, 0.05) is 0 Å². The second kappa shape index (κ2) is 2.75. The first-order valence-electron chi connectivity index (χ1n) is 4.90. The van der Waals surface area contributed by atoms with Crippen molar-refractivity contribution < 1.29 is 9.53 Å². The van der Waals surface area contributed by atoms with Crippen molar-refractivity contribution in [3.05, 3.63) is 0 Å². The molecule has 1 heterocycles. The predicted octanol–water partition coefficient (Wildman–Crippen LogP) is 2.13. The Morgan fingerprint density at radius 3 is 2.50 bits per heavy atom. The smallest absolute Gasteiger partial charge is 0.312 e. The van der Waals surface area contributed by atoms with Crippen molar-refractivity contribution in [3.63, 3.8) is 0 Å². The Labute approximate surface area is 73.3 Å². The van der Waals surface area contributed by atoms with Gasteiger partial charge < -0.3 is 4.74 Å². The normalized spacial score (nSPS) is 41.8. The van der Waals surface area contributed by atoms with Gasteiger partial charge in [-0.2, -0.15) is 0 Å². The summed E-state index contributed by atoms with van der Waals surface area (Å²) in [6, 6.07) is 0. The van der Waals surface area contributed by atoms with E-state index in [0.717, 1.165) is 25.2 Å². The number of esters is 1. The molecule has 0 bridgehead atoms. The Hall–Kier alpha value is -0.530. The summed E-state index contributed by atoms with van der Waals surface area (Å²) in [6.07, 6.45) is 5.50. The van der Waals surface area contributed by atoms with E-state index in [1.54, 1.807) is 0 Å². The second-order valence-electron chi connectivity index (χ2n) is 4.35. The minimum Gasteiger partial charge on any atom is -0.465 e. The van der Waals surface area contributed by atoms with Gasteiger partial charge in [-0.3, -0.25) is 4.79 Å². The fraction of sp³-hybridized carbons (Fsp3) is 0.900. The minimum absolute atomic E-state index is 0.0491. The largest absolute Gasteiger partial charge is 0.465 e. The lowest BCUT2D eigenvalue weighted by Gasteiger charge is -2.32. The summed E-state index contributed by atoms with van der Waals surface area (Å²) in [5, 5.41) is 0. The molecule has 0 aromatic heterocycles. The molecule has 68 valence electrons. The van der Waals surface area contributed by atoms with Crippen LogP contribution in [0.4, 0.5) is 0 Å². The second-order valence-corrected chi connectivity index (χ2v) is 4.35. The Morgan fingerprint density at radius 1 is 1.33 bits per heavy atom. The molecule has 2 heteroatoms. The number of hydrogen-bond donors (Lipinski definition) is 0. The molecule has 0 N–H and O–H groups in total. The Bertz CT molecular complexity index is 190. The monoisotopic (exact) mass is 168 g/mol. The molecule has 1 spiro atoms. The predicted molar refractivity (Wildman–Crippen MR) is 45.6 cm³/mol. The zero-order valence-electron chi connectivity index (χ0n) is 7.64. The van der Waals surface area contributed by atoms with E-state index in [2.05, 4.69) is 6.92 Å². The standard InChI is InChI=1S/C10H16O2/c1-8-2-4-10(5-3-8)6-7-12-9(10)11/h8H,2-7H2,1H3. The summed E-state index contributed by atoms with van der Waals surface area (Å²) in [6.45, 7) is 2.93. The van der Waals surface area contributed by atoms with E-state index < -0.39 is 0 Å². The van der Waals surface area contributed by atoms with Gasteiger partial charge in [-0.1, -0.05) is 6.92 Å². The quantitative estimate of drug-likeness (QED) is 0.518. The molecule has 1 saturated heterocycles. The van der Waals surface area contributed by atoms with E-state index in [1.165, 1.54) is 12.8 Å². The van der Waals surface area contributed by atoms with Gasteiger partial charge in [-0.15, -0.1) is 0 Å². The molecular weight excluding hydrogens is 152 g/mol. The topological polar surface area (TPSA) is 26.3 Å². The third-order valence-corrected chi connectivity index (χ3v) is 3.48. The van der Waals surface area contributed by atoms with Crippen LogP contribution in [0.3, 0.4) is 0 Å². The van der Waals surface area contributed by atoms with Crippen LogP contribution in [0, 0.1) is 11.3 Å². The van der Waals surface area contributed by atoms with Gasteiger partial charge in [-0.25, -0.2) is 0 Å². The van der Waals surface area contributed by atoms with Gasteiger partial charge in [0.05, 0.1) is 12.0 Å². The molecule has 1 aliphatic heterocycles. The summed E-state index contributed by atoms with van der Waals surface area (Å²) >= 11 is 0. The molecule has 1 aliphatic carbocycles. The third kappa shape index (κ3) is 1.13. The molecule has 0 aromatic carbocycles. The van der Waals surface area contributed by atoms with Gasteiger partial charge >= 0.3 is 5.97 Å². The van der Waals surface area contributed by atoms with Crippen molar-refractivity contribution in [1.29, 1.82) is 0 Å². The summed E-state index contributed by atoms with van der Waals surface area (Å²) in [7, 11) is 0. The maximum atomic E-state index is 11.4. The number of carbonyl (C=O) groups excluding carboxylic acids is 1. The maximum Gasteiger partial charge on any atom is 0.312 e. The molecule has 2 rings (SSSR count). The molecule has 0 amide bonds. The van der Waals surface area contributed by atoms with Crippen molar-refractivity contribution in [2.45, 2.75) is 39.0 Å². The van der Waals surface area contributed by atoms with Crippen molar-refractivity contribution in [2.24, 2.45) is 11.3 Å². The number of cyclic esters (lactones) is 1.